The Kier molecular flexibility index (Phi) is 6.37. The first-order chi connectivity index (χ1) is 26.1. The van der Waals surface area contributed by atoms with Gasteiger partial charge in [-0.2, -0.15) is 0 Å². The summed E-state index contributed by atoms with van der Waals surface area (Å²) in [6.07, 6.45) is 0. The molecule has 1 heterocycles. The Labute approximate surface area is 308 Å². The third-order valence-corrected chi connectivity index (χ3v) is 11.8. The van der Waals surface area contributed by atoms with Crippen molar-refractivity contribution < 1.29 is 0 Å². The highest BCUT2D eigenvalue weighted by molar-refractivity contribution is 6.18. The first-order valence-corrected chi connectivity index (χ1v) is 18.6. The second-order valence-corrected chi connectivity index (χ2v) is 15.0. The molecule has 1 aliphatic rings. The van der Waals surface area contributed by atoms with Crippen molar-refractivity contribution in [2.45, 2.75) is 19.3 Å². The van der Waals surface area contributed by atoms with Gasteiger partial charge >= 0.3 is 0 Å². The Morgan fingerprint density at radius 1 is 0.396 bits per heavy atom. The summed E-state index contributed by atoms with van der Waals surface area (Å²) in [6.45, 7) is 4.72. The van der Waals surface area contributed by atoms with E-state index in [4.69, 9.17) is 4.98 Å². The van der Waals surface area contributed by atoms with E-state index in [2.05, 4.69) is 190 Å². The molecule has 0 bridgehead atoms. The quantitative estimate of drug-likeness (QED) is 0.170. The van der Waals surface area contributed by atoms with Crippen molar-refractivity contribution in [2.24, 2.45) is 0 Å². The number of pyridine rings is 1. The van der Waals surface area contributed by atoms with Crippen LogP contribution < -0.4 is 0 Å². The average molecular weight is 674 g/mol. The van der Waals surface area contributed by atoms with Crippen molar-refractivity contribution in [1.29, 1.82) is 0 Å². The van der Waals surface area contributed by atoms with E-state index in [1.807, 2.05) is 0 Å². The molecule has 248 valence electrons. The summed E-state index contributed by atoms with van der Waals surface area (Å²) in [5.74, 6) is 0. The molecular weight excluding hydrogens is 639 g/mol. The molecular formula is C52H35N. The number of hydrogen-bond acceptors (Lipinski definition) is 1. The molecule has 0 fully saturated rings. The highest BCUT2D eigenvalue weighted by atomic mass is 14.7. The molecule has 0 unspecified atom stereocenters. The van der Waals surface area contributed by atoms with E-state index in [1.165, 1.54) is 98.5 Å². The summed E-state index contributed by atoms with van der Waals surface area (Å²) in [6, 6.07) is 64.8. The van der Waals surface area contributed by atoms with Gasteiger partial charge in [-0.15, -0.1) is 0 Å². The van der Waals surface area contributed by atoms with Crippen LogP contribution in [0.3, 0.4) is 0 Å². The lowest BCUT2D eigenvalue weighted by atomic mass is 9.78. The van der Waals surface area contributed by atoms with Gasteiger partial charge in [0.15, 0.2) is 0 Å². The van der Waals surface area contributed by atoms with Crippen LogP contribution in [-0.2, 0) is 5.41 Å². The molecule has 53 heavy (non-hydrogen) atoms. The Morgan fingerprint density at radius 3 is 1.74 bits per heavy atom. The van der Waals surface area contributed by atoms with Crippen molar-refractivity contribution >= 4 is 54.0 Å². The Hall–Kier alpha value is -6.57. The highest BCUT2D eigenvalue weighted by Crippen LogP contribution is 2.54. The minimum absolute atomic E-state index is 0.197. The predicted molar refractivity (Wildman–Crippen MR) is 226 cm³/mol. The summed E-state index contributed by atoms with van der Waals surface area (Å²) in [4.78, 5) is 5.40. The fourth-order valence-corrected chi connectivity index (χ4v) is 9.38. The number of rotatable bonds is 3. The van der Waals surface area contributed by atoms with E-state index < -0.39 is 0 Å². The zero-order valence-corrected chi connectivity index (χ0v) is 29.7. The second kappa shape index (κ2) is 11.2. The first-order valence-electron chi connectivity index (χ1n) is 18.6. The zero-order valence-electron chi connectivity index (χ0n) is 29.7. The summed E-state index contributed by atoms with van der Waals surface area (Å²) in [7, 11) is 0. The highest BCUT2D eigenvalue weighted by Gasteiger charge is 2.39. The summed E-state index contributed by atoms with van der Waals surface area (Å²) in [5.41, 5.74) is 13.3. The topological polar surface area (TPSA) is 12.9 Å². The molecule has 0 N–H and O–H groups in total. The monoisotopic (exact) mass is 673 g/mol. The Bertz CT molecular complexity index is 3130. The van der Waals surface area contributed by atoms with Crippen LogP contribution in [0.15, 0.2) is 176 Å². The van der Waals surface area contributed by atoms with Crippen LogP contribution in [0, 0.1) is 0 Å². The molecule has 0 radical (unpaired) electrons. The first kappa shape index (κ1) is 30.1. The molecule has 1 aromatic heterocycles. The lowest BCUT2D eigenvalue weighted by molar-refractivity contribution is 0.662. The molecule has 1 heteroatoms. The number of aromatic nitrogens is 1. The van der Waals surface area contributed by atoms with Crippen LogP contribution in [0.1, 0.15) is 25.0 Å². The predicted octanol–water partition coefficient (Wildman–Crippen LogP) is 14.2. The van der Waals surface area contributed by atoms with Gasteiger partial charge in [0.25, 0.3) is 0 Å². The third kappa shape index (κ3) is 4.35. The van der Waals surface area contributed by atoms with Gasteiger partial charge in [0.1, 0.15) is 0 Å². The summed E-state index contributed by atoms with van der Waals surface area (Å²) < 4.78 is 0. The molecule has 0 spiro atoms. The fraction of sp³-hybridized carbons (Fsp3) is 0.0577. The Morgan fingerprint density at radius 2 is 0.962 bits per heavy atom. The summed E-state index contributed by atoms with van der Waals surface area (Å²) in [5, 5.41) is 11.4. The van der Waals surface area contributed by atoms with E-state index in [1.54, 1.807) is 0 Å². The molecule has 1 nitrogen and oxygen atoms in total. The standard InChI is InChI=1S/C52H35N/c1-52(2)46-22-12-11-21-44(46)51-50(52)48(49-38-16-6-3-13-32(38)27-30-47(49)53-51)34-25-23-33(24-26-34)37-28-29-43(41-19-9-7-18-40(37)41)45-31-35-14-4-5-15-36(35)39-17-8-10-20-42(39)45/h3-31H,1-2H3. The molecule has 1 aliphatic carbocycles. The molecule has 0 aliphatic heterocycles. The Balaban J connectivity index is 1.11. The van der Waals surface area contributed by atoms with Gasteiger partial charge < -0.3 is 0 Å². The van der Waals surface area contributed by atoms with Crippen LogP contribution in [0.5, 0.6) is 0 Å². The van der Waals surface area contributed by atoms with Gasteiger partial charge in [-0.1, -0.05) is 178 Å². The van der Waals surface area contributed by atoms with Crippen LogP contribution in [0.25, 0.3) is 98.6 Å². The summed E-state index contributed by atoms with van der Waals surface area (Å²) >= 11 is 0. The van der Waals surface area contributed by atoms with E-state index in [0.29, 0.717) is 0 Å². The average Bonchev–Trinajstić information content (AvgIpc) is 3.45. The molecule has 0 saturated heterocycles. The lowest BCUT2D eigenvalue weighted by Gasteiger charge is -2.26. The van der Waals surface area contributed by atoms with Crippen LogP contribution in [0.2, 0.25) is 0 Å². The number of nitrogens with zero attached hydrogens (tertiary/aromatic N) is 1. The number of fused-ring (bicyclic) bond motifs is 10. The van der Waals surface area contributed by atoms with E-state index in [0.717, 1.165) is 11.2 Å². The maximum absolute atomic E-state index is 5.40. The minimum atomic E-state index is -0.197. The third-order valence-electron chi connectivity index (χ3n) is 11.8. The van der Waals surface area contributed by atoms with Crippen molar-refractivity contribution in [3.63, 3.8) is 0 Å². The molecule has 10 aromatic rings. The van der Waals surface area contributed by atoms with E-state index in [-0.39, 0.29) is 5.41 Å². The second-order valence-electron chi connectivity index (χ2n) is 15.0. The van der Waals surface area contributed by atoms with Gasteiger partial charge in [-0.25, -0.2) is 4.98 Å². The van der Waals surface area contributed by atoms with Crippen molar-refractivity contribution in [3.05, 3.63) is 187 Å². The fourth-order valence-electron chi connectivity index (χ4n) is 9.38. The number of benzene rings is 9. The molecule has 9 aromatic carbocycles. The molecule has 0 saturated carbocycles. The van der Waals surface area contributed by atoms with Crippen molar-refractivity contribution in [3.8, 4) is 44.6 Å². The zero-order chi connectivity index (χ0) is 35.3. The van der Waals surface area contributed by atoms with Gasteiger partial charge in [0.05, 0.1) is 11.2 Å². The van der Waals surface area contributed by atoms with Gasteiger partial charge in [-0.05, 0) is 99.7 Å². The van der Waals surface area contributed by atoms with Crippen molar-refractivity contribution in [1.82, 2.24) is 4.98 Å². The largest absolute Gasteiger partial charge is 0.247 e. The molecule has 0 amide bonds. The van der Waals surface area contributed by atoms with Crippen LogP contribution >= 0.6 is 0 Å². The van der Waals surface area contributed by atoms with Gasteiger partial charge in [0.2, 0.25) is 0 Å². The van der Waals surface area contributed by atoms with E-state index in [9.17, 15) is 0 Å². The van der Waals surface area contributed by atoms with Gasteiger partial charge in [0, 0.05) is 16.4 Å². The maximum Gasteiger partial charge on any atom is 0.0759 e. The SMILES string of the molecule is CC1(C)c2ccccc2-c2nc3ccc4ccccc4c3c(-c3ccc(-c4ccc(-c5cc6ccccc6c6ccccc56)c5ccccc45)cc3)c21. The van der Waals surface area contributed by atoms with Crippen LogP contribution in [0.4, 0.5) is 0 Å². The molecule has 11 rings (SSSR count). The normalized spacial score (nSPS) is 13.2. The lowest BCUT2D eigenvalue weighted by Crippen LogP contribution is -2.16. The smallest absolute Gasteiger partial charge is 0.0759 e. The molecule has 0 atom stereocenters. The van der Waals surface area contributed by atoms with Crippen LogP contribution in [-0.4, -0.2) is 4.98 Å². The van der Waals surface area contributed by atoms with Crippen molar-refractivity contribution in [2.75, 3.05) is 0 Å². The maximum atomic E-state index is 5.40. The minimum Gasteiger partial charge on any atom is -0.247 e. The van der Waals surface area contributed by atoms with E-state index >= 15 is 0 Å². The van der Waals surface area contributed by atoms with Gasteiger partial charge in [-0.3, -0.25) is 0 Å². The number of hydrogen-bond donors (Lipinski definition) is 0.